The maximum Gasteiger partial charge on any atom is 0.254 e. The molecular weight excluding hydrogens is 386 g/mol. The summed E-state index contributed by atoms with van der Waals surface area (Å²) in [5.41, 5.74) is 2.68. The quantitative estimate of drug-likeness (QED) is 0.692. The number of aliphatic imine (C=N–C) groups is 1. The number of anilines is 1. The van der Waals surface area contributed by atoms with Gasteiger partial charge in [0.05, 0.1) is 17.5 Å². The minimum absolute atomic E-state index is 0.0904. The van der Waals surface area contributed by atoms with Crippen LogP contribution in [0.15, 0.2) is 64.0 Å². The van der Waals surface area contributed by atoms with E-state index in [1.807, 2.05) is 68.4 Å². The number of amidine groups is 1. The third kappa shape index (κ3) is 4.19. The SMILES string of the molecule is Cc1ccc(N2C(=O)CN=C2SCC(=O)N[C@@H](C)c2cc3ccccc3o2)cc1. The zero-order valence-corrected chi connectivity index (χ0v) is 17.0. The van der Waals surface area contributed by atoms with Gasteiger partial charge in [-0.1, -0.05) is 47.7 Å². The van der Waals surface area contributed by atoms with Crippen molar-refractivity contribution in [1.82, 2.24) is 5.32 Å². The summed E-state index contributed by atoms with van der Waals surface area (Å²) in [5.74, 6) is 0.638. The first-order valence-electron chi connectivity index (χ1n) is 9.36. The average Bonchev–Trinajstić information content (AvgIpc) is 3.31. The number of carbonyl (C=O) groups is 2. The van der Waals surface area contributed by atoms with Gasteiger partial charge in [-0.3, -0.25) is 19.5 Å². The van der Waals surface area contributed by atoms with E-state index in [2.05, 4.69) is 10.3 Å². The van der Waals surface area contributed by atoms with E-state index in [4.69, 9.17) is 4.42 Å². The minimum atomic E-state index is -0.254. The van der Waals surface area contributed by atoms with Crippen molar-refractivity contribution in [2.45, 2.75) is 19.9 Å². The van der Waals surface area contributed by atoms with Gasteiger partial charge in [0.25, 0.3) is 5.91 Å². The lowest BCUT2D eigenvalue weighted by Crippen LogP contribution is -2.33. The number of rotatable bonds is 5. The molecule has 2 amide bonds. The van der Waals surface area contributed by atoms with Crippen molar-refractivity contribution in [1.29, 1.82) is 0 Å². The molecule has 1 aliphatic heterocycles. The number of aryl methyl sites for hydroxylation is 1. The van der Waals surface area contributed by atoms with Crippen molar-refractivity contribution in [3.63, 3.8) is 0 Å². The Morgan fingerprint density at radius 1 is 1.24 bits per heavy atom. The van der Waals surface area contributed by atoms with Crippen LogP contribution in [-0.4, -0.2) is 29.3 Å². The van der Waals surface area contributed by atoms with E-state index >= 15 is 0 Å². The summed E-state index contributed by atoms with van der Waals surface area (Å²) in [6.45, 7) is 3.98. The second kappa shape index (κ2) is 8.13. The van der Waals surface area contributed by atoms with Gasteiger partial charge in [0.15, 0.2) is 5.17 Å². The predicted molar refractivity (Wildman–Crippen MR) is 116 cm³/mol. The predicted octanol–water partition coefficient (Wildman–Crippen LogP) is 4.05. The molecule has 2 heterocycles. The Bertz CT molecular complexity index is 1060. The maximum absolute atomic E-state index is 12.4. The molecule has 1 N–H and O–H groups in total. The summed E-state index contributed by atoms with van der Waals surface area (Å²) in [4.78, 5) is 30.5. The van der Waals surface area contributed by atoms with Gasteiger partial charge in [0.2, 0.25) is 5.91 Å². The molecule has 2 aromatic carbocycles. The fourth-order valence-corrected chi connectivity index (χ4v) is 3.98. The standard InChI is InChI=1S/C22H21N3O3S/c1-14-7-9-17(10-8-14)25-21(27)12-23-22(25)29-13-20(26)24-15(2)19-11-16-5-3-4-6-18(16)28-19/h3-11,15H,12-13H2,1-2H3,(H,24,26)/t15-/m0/s1. The fourth-order valence-electron chi connectivity index (χ4n) is 3.14. The Labute approximate surface area is 173 Å². The molecule has 0 bridgehead atoms. The molecule has 0 radical (unpaired) electrons. The number of hydrogen-bond donors (Lipinski definition) is 1. The first-order valence-corrected chi connectivity index (χ1v) is 10.3. The summed E-state index contributed by atoms with van der Waals surface area (Å²) in [6, 6.07) is 17.1. The molecule has 29 heavy (non-hydrogen) atoms. The Kier molecular flexibility index (Phi) is 5.40. The van der Waals surface area contributed by atoms with E-state index in [0.717, 1.165) is 22.2 Å². The number of nitrogens with one attached hydrogen (secondary N) is 1. The number of fused-ring (bicyclic) bond motifs is 1. The van der Waals surface area contributed by atoms with E-state index in [0.29, 0.717) is 10.9 Å². The lowest BCUT2D eigenvalue weighted by Gasteiger charge is -2.18. The first-order chi connectivity index (χ1) is 14.0. The molecule has 6 nitrogen and oxygen atoms in total. The highest BCUT2D eigenvalue weighted by Crippen LogP contribution is 2.25. The van der Waals surface area contributed by atoms with E-state index in [1.54, 1.807) is 4.90 Å². The molecule has 1 aliphatic rings. The van der Waals surface area contributed by atoms with Gasteiger partial charge in [-0.25, -0.2) is 0 Å². The third-order valence-corrected chi connectivity index (χ3v) is 5.64. The summed E-state index contributed by atoms with van der Waals surface area (Å²) in [6.07, 6.45) is 0. The molecule has 1 aromatic heterocycles. The van der Waals surface area contributed by atoms with Gasteiger partial charge in [0, 0.05) is 5.39 Å². The highest BCUT2D eigenvalue weighted by Gasteiger charge is 2.28. The zero-order valence-electron chi connectivity index (χ0n) is 16.2. The van der Waals surface area contributed by atoms with Crippen LogP contribution >= 0.6 is 11.8 Å². The van der Waals surface area contributed by atoms with Crippen LogP contribution < -0.4 is 10.2 Å². The average molecular weight is 407 g/mol. The highest BCUT2D eigenvalue weighted by atomic mass is 32.2. The fraction of sp³-hybridized carbons (Fsp3) is 0.227. The molecule has 0 fully saturated rings. The molecule has 3 aromatic rings. The van der Waals surface area contributed by atoms with E-state index in [9.17, 15) is 9.59 Å². The number of benzene rings is 2. The zero-order chi connectivity index (χ0) is 20.4. The van der Waals surface area contributed by atoms with Gasteiger partial charge >= 0.3 is 0 Å². The Hall–Kier alpha value is -3.06. The molecular formula is C22H21N3O3S. The summed E-state index contributed by atoms with van der Waals surface area (Å²) in [5, 5.41) is 4.49. The van der Waals surface area contributed by atoms with Crippen molar-refractivity contribution in [2.75, 3.05) is 17.2 Å². The van der Waals surface area contributed by atoms with Gasteiger partial charge in [0.1, 0.15) is 17.9 Å². The molecule has 0 saturated heterocycles. The van der Waals surface area contributed by atoms with Gasteiger partial charge < -0.3 is 9.73 Å². The molecule has 4 rings (SSSR count). The lowest BCUT2D eigenvalue weighted by atomic mass is 10.2. The van der Waals surface area contributed by atoms with Crippen LogP contribution in [0.25, 0.3) is 11.0 Å². The van der Waals surface area contributed by atoms with Crippen molar-refractivity contribution in [3.05, 3.63) is 65.9 Å². The molecule has 7 heteroatoms. The van der Waals surface area contributed by atoms with Gasteiger partial charge in [-0.15, -0.1) is 0 Å². The number of para-hydroxylation sites is 1. The van der Waals surface area contributed by atoms with Gasteiger partial charge in [-0.2, -0.15) is 0 Å². The molecule has 0 aliphatic carbocycles. The topological polar surface area (TPSA) is 74.9 Å². The normalized spacial score (nSPS) is 14.9. The van der Waals surface area contributed by atoms with Crippen LogP contribution in [0.4, 0.5) is 5.69 Å². The van der Waals surface area contributed by atoms with E-state index < -0.39 is 0 Å². The Morgan fingerprint density at radius 2 is 2.00 bits per heavy atom. The van der Waals surface area contributed by atoms with Crippen molar-refractivity contribution in [3.8, 4) is 0 Å². The van der Waals surface area contributed by atoms with E-state index in [1.165, 1.54) is 11.8 Å². The molecule has 148 valence electrons. The van der Waals surface area contributed by atoms with Crippen molar-refractivity contribution in [2.24, 2.45) is 4.99 Å². The minimum Gasteiger partial charge on any atom is -0.459 e. The largest absolute Gasteiger partial charge is 0.459 e. The number of carbonyl (C=O) groups excluding carboxylic acids is 2. The monoisotopic (exact) mass is 407 g/mol. The van der Waals surface area contributed by atoms with Crippen molar-refractivity contribution >= 4 is 45.4 Å². The van der Waals surface area contributed by atoms with Crippen LogP contribution in [0.3, 0.4) is 0 Å². The summed E-state index contributed by atoms with van der Waals surface area (Å²) >= 11 is 1.26. The summed E-state index contributed by atoms with van der Waals surface area (Å²) in [7, 11) is 0. The molecule has 0 spiro atoms. The number of hydrogen-bond acceptors (Lipinski definition) is 5. The van der Waals surface area contributed by atoms with Crippen LogP contribution in [0.5, 0.6) is 0 Å². The molecule has 1 atom stereocenters. The smallest absolute Gasteiger partial charge is 0.254 e. The molecule has 0 saturated carbocycles. The second-order valence-corrected chi connectivity index (χ2v) is 7.87. The lowest BCUT2D eigenvalue weighted by molar-refractivity contribution is -0.119. The first kappa shape index (κ1) is 19.3. The van der Waals surface area contributed by atoms with Crippen LogP contribution in [0.2, 0.25) is 0 Å². The molecule has 0 unspecified atom stereocenters. The number of furan rings is 1. The van der Waals surface area contributed by atoms with E-state index in [-0.39, 0.29) is 30.2 Å². The van der Waals surface area contributed by atoms with Crippen molar-refractivity contribution < 1.29 is 14.0 Å². The van der Waals surface area contributed by atoms with Gasteiger partial charge in [-0.05, 0) is 38.1 Å². The Morgan fingerprint density at radius 3 is 2.76 bits per heavy atom. The van der Waals surface area contributed by atoms with Crippen LogP contribution in [0, 0.1) is 6.92 Å². The van der Waals surface area contributed by atoms with Crippen LogP contribution in [-0.2, 0) is 9.59 Å². The Balaban J connectivity index is 1.37. The summed E-state index contributed by atoms with van der Waals surface area (Å²) < 4.78 is 5.81. The van der Waals surface area contributed by atoms with Crippen LogP contribution in [0.1, 0.15) is 24.3 Å². The number of nitrogens with zero attached hydrogens (tertiary/aromatic N) is 2. The second-order valence-electron chi connectivity index (χ2n) is 6.93. The number of thioether (sulfide) groups is 1. The maximum atomic E-state index is 12.4. The third-order valence-electron chi connectivity index (χ3n) is 4.66. The number of amides is 2. The highest BCUT2D eigenvalue weighted by molar-refractivity contribution is 8.14.